The van der Waals surface area contributed by atoms with E-state index in [1.54, 1.807) is 0 Å². The van der Waals surface area contributed by atoms with Crippen LogP contribution in [0.4, 0.5) is 11.5 Å². The molecule has 0 bridgehead atoms. The van der Waals surface area contributed by atoms with E-state index in [2.05, 4.69) is 23.2 Å². The van der Waals surface area contributed by atoms with Gasteiger partial charge in [0.1, 0.15) is 0 Å². The highest BCUT2D eigenvalue weighted by molar-refractivity contribution is 5.94. The first kappa shape index (κ1) is 21.1. The Kier molecular flexibility index (Phi) is 6.35. The Morgan fingerprint density at radius 2 is 1.94 bits per heavy atom. The number of nitrogens with zero attached hydrogens (tertiary/aromatic N) is 3. The second-order valence-corrected chi connectivity index (χ2v) is 8.28. The maximum absolute atomic E-state index is 13.1. The van der Waals surface area contributed by atoms with Gasteiger partial charge in [0.2, 0.25) is 5.91 Å². The number of amides is 1. The summed E-state index contributed by atoms with van der Waals surface area (Å²) in [5, 5.41) is 3.14. The molecule has 31 heavy (non-hydrogen) atoms. The van der Waals surface area contributed by atoms with Crippen LogP contribution in [0.25, 0.3) is 11.0 Å². The molecule has 1 aliphatic heterocycles. The molecule has 6 nitrogen and oxygen atoms in total. The van der Waals surface area contributed by atoms with Gasteiger partial charge < -0.3 is 15.0 Å². The minimum absolute atomic E-state index is 0.0585. The van der Waals surface area contributed by atoms with Crippen molar-refractivity contribution in [3.05, 3.63) is 53.6 Å². The van der Waals surface area contributed by atoms with Gasteiger partial charge >= 0.3 is 0 Å². The molecular weight excluding hydrogens is 388 g/mol. The summed E-state index contributed by atoms with van der Waals surface area (Å²) in [6.07, 6.45) is 2.68. The maximum Gasteiger partial charge on any atom is 0.258 e. The van der Waals surface area contributed by atoms with Crippen molar-refractivity contribution < 1.29 is 9.53 Å². The lowest BCUT2D eigenvalue weighted by atomic mass is 9.96. The summed E-state index contributed by atoms with van der Waals surface area (Å²) in [6, 6.07) is 14.0. The maximum atomic E-state index is 13.1. The third-order valence-corrected chi connectivity index (χ3v) is 5.71. The average Bonchev–Trinajstić information content (AvgIpc) is 2.79. The first-order valence-corrected chi connectivity index (χ1v) is 11.1. The quantitative estimate of drug-likeness (QED) is 0.617. The molecule has 6 heteroatoms. The molecule has 0 saturated carbocycles. The van der Waals surface area contributed by atoms with Gasteiger partial charge in [-0.2, -0.15) is 0 Å². The van der Waals surface area contributed by atoms with Crippen LogP contribution < -0.4 is 15.0 Å². The van der Waals surface area contributed by atoms with Gasteiger partial charge in [0.05, 0.1) is 23.6 Å². The second kappa shape index (κ2) is 9.33. The third-order valence-electron chi connectivity index (χ3n) is 5.71. The molecule has 0 aliphatic carbocycles. The zero-order valence-electron chi connectivity index (χ0n) is 18.5. The fraction of sp³-hybridized carbons (Fsp3) is 0.400. The van der Waals surface area contributed by atoms with Crippen molar-refractivity contribution in [2.45, 2.75) is 40.0 Å². The number of nitrogens with one attached hydrogen (secondary N) is 1. The molecule has 0 spiro atoms. The molecule has 1 N–H and O–H groups in total. The highest BCUT2D eigenvalue weighted by atomic mass is 16.5. The molecule has 1 atom stereocenters. The van der Waals surface area contributed by atoms with Crippen LogP contribution in [-0.2, 0) is 4.79 Å². The molecule has 0 unspecified atom stereocenters. The lowest BCUT2D eigenvalue weighted by Crippen LogP contribution is -2.41. The Labute approximate surface area is 183 Å². The van der Waals surface area contributed by atoms with Crippen molar-refractivity contribution in [1.29, 1.82) is 0 Å². The number of hydrogen-bond donors (Lipinski definition) is 1. The van der Waals surface area contributed by atoms with E-state index >= 15 is 0 Å². The highest BCUT2D eigenvalue weighted by Crippen LogP contribution is 2.31. The summed E-state index contributed by atoms with van der Waals surface area (Å²) < 4.78 is 5.95. The molecular formula is C25H30N4O2. The lowest BCUT2D eigenvalue weighted by Gasteiger charge is -2.33. The van der Waals surface area contributed by atoms with Crippen molar-refractivity contribution in [3.63, 3.8) is 0 Å². The number of rotatable bonds is 6. The Hall–Kier alpha value is -3.15. The number of piperidine rings is 1. The lowest BCUT2D eigenvalue weighted by molar-refractivity contribution is -0.120. The van der Waals surface area contributed by atoms with Gasteiger partial charge in [0.15, 0.2) is 5.82 Å². The first-order valence-electron chi connectivity index (χ1n) is 11.1. The van der Waals surface area contributed by atoms with Crippen LogP contribution in [0.5, 0.6) is 5.88 Å². The second-order valence-electron chi connectivity index (χ2n) is 8.28. The minimum Gasteiger partial charge on any atom is -0.475 e. The van der Waals surface area contributed by atoms with Gasteiger partial charge in [-0.3, -0.25) is 4.79 Å². The fourth-order valence-corrected chi connectivity index (χ4v) is 3.96. The molecule has 1 fully saturated rings. The molecule has 2 heterocycles. The van der Waals surface area contributed by atoms with Gasteiger partial charge in [-0.1, -0.05) is 31.2 Å². The van der Waals surface area contributed by atoms with Gasteiger partial charge in [-0.25, -0.2) is 9.97 Å². The average molecular weight is 419 g/mol. The van der Waals surface area contributed by atoms with E-state index < -0.39 is 0 Å². The number of ether oxygens (including phenoxy) is 1. The van der Waals surface area contributed by atoms with Crippen LogP contribution >= 0.6 is 0 Å². The van der Waals surface area contributed by atoms with Gasteiger partial charge in [-0.05, 0) is 62.4 Å². The van der Waals surface area contributed by atoms with Crippen molar-refractivity contribution in [1.82, 2.24) is 9.97 Å². The number of benzene rings is 2. The Bertz CT molecular complexity index is 1080. The molecule has 1 aromatic heterocycles. The smallest absolute Gasteiger partial charge is 0.258 e. The minimum atomic E-state index is -0.110. The number of carbonyl (C=O) groups excluding carboxylic acids is 1. The van der Waals surface area contributed by atoms with E-state index in [-0.39, 0.29) is 11.8 Å². The van der Waals surface area contributed by atoms with E-state index in [1.165, 1.54) is 0 Å². The van der Waals surface area contributed by atoms with Crippen molar-refractivity contribution in [2.75, 3.05) is 29.9 Å². The van der Waals surface area contributed by atoms with Crippen molar-refractivity contribution in [2.24, 2.45) is 5.92 Å². The van der Waals surface area contributed by atoms with E-state index in [9.17, 15) is 4.79 Å². The van der Waals surface area contributed by atoms with E-state index in [4.69, 9.17) is 14.7 Å². The summed E-state index contributed by atoms with van der Waals surface area (Å²) >= 11 is 0. The predicted octanol–water partition coefficient (Wildman–Crippen LogP) is 4.89. The number of carbonyl (C=O) groups is 1. The van der Waals surface area contributed by atoms with Gasteiger partial charge in [-0.15, -0.1) is 0 Å². The van der Waals surface area contributed by atoms with Crippen LogP contribution in [0, 0.1) is 19.8 Å². The van der Waals surface area contributed by atoms with Crippen LogP contribution in [0.1, 0.15) is 37.3 Å². The molecule has 3 aromatic rings. The van der Waals surface area contributed by atoms with Crippen LogP contribution in [-0.4, -0.2) is 35.6 Å². The summed E-state index contributed by atoms with van der Waals surface area (Å²) in [5.41, 5.74) is 4.75. The molecule has 1 saturated heterocycles. The highest BCUT2D eigenvalue weighted by Gasteiger charge is 2.29. The number of hydrogen-bond acceptors (Lipinski definition) is 5. The molecule has 4 rings (SSSR count). The van der Waals surface area contributed by atoms with E-state index in [0.717, 1.165) is 59.5 Å². The third kappa shape index (κ3) is 4.79. The molecule has 0 radical (unpaired) electrons. The Morgan fingerprint density at radius 3 is 2.71 bits per heavy atom. The number of para-hydroxylation sites is 2. The number of anilines is 2. The predicted molar refractivity (Wildman–Crippen MR) is 125 cm³/mol. The molecule has 162 valence electrons. The number of fused-ring (bicyclic) bond motifs is 1. The normalized spacial score (nSPS) is 16.4. The first-order chi connectivity index (χ1) is 15.0. The summed E-state index contributed by atoms with van der Waals surface area (Å²) in [5.74, 6) is 1.23. The largest absolute Gasteiger partial charge is 0.475 e. The Balaban J connectivity index is 1.57. The topological polar surface area (TPSA) is 67.4 Å². The number of aryl methyl sites for hydroxylation is 2. The van der Waals surface area contributed by atoms with E-state index in [1.807, 2.05) is 50.2 Å². The zero-order chi connectivity index (χ0) is 21.8. The molecule has 2 aromatic carbocycles. The van der Waals surface area contributed by atoms with Crippen molar-refractivity contribution >= 4 is 28.4 Å². The molecule has 1 amide bonds. The SMILES string of the molecule is CCCOc1nc2ccccc2nc1N1CCC[C@H](C(=O)Nc2cc(C)ccc2C)C1. The standard InChI is InChI=1S/C25H30N4O2/c1-4-14-31-25-23(26-20-9-5-6-10-21(20)28-25)29-13-7-8-19(16-29)24(30)27-22-15-17(2)11-12-18(22)3/h5-6,9-12,15,19H,4,7-8,13-14,16H2,1-3H3,(H,27,30)/t19-/m0/s1. The Morgan fingerprint density at radius 1 is 1.16 bits per heavy atom. The van der Waals surface area contributed by atoms with Crippen LogP contribution in [0.2, 0.25) is 0 Å². The van der Waals surface area contributed by atoms with Gasteiger partial charge in [0.25, 0.3) is 5.88 Å². The summed E-state index contributed by atoms with van der Waals surface area (Å²) in [4.78, 5) is 24.8. The monoisotopic (exact) mass is 418 g/mol. The van der Waals surface area contributed by atoms with Gasteiger partial charge in [0, 0.05) is 18.8 Å². The van der Waals surface area contributed by atoms with Crippen LogP contribution in [0.3, 0.4) is 0 Å². The summed E-state index contributed by atoms with van der Waals surface area (Å²) in [6.45, 7) is 8.15. The van der Waals surface area contributed by atoms with Crippen LogP contribution in [0.15, 0.2) is 42.5 Å². The molecule has 1 aliphatic rings. The number of aromatic nitrogens is 2. The summed E-state index contributed by atoms with van der Waals surface area (Å²) in [7, 11) is 0. The van der Waals surface area contributed by atoms with Crippen molar-refractivity contribution in [3.8, 4) is 5.88 Å². The zero-order valence-corrected chi connectivity index (χ0v) is 18.5. The fourth-order valence-electron chi connectivity index (χ4n) is 3.96. The van der Waals surface area contributed by atoms with E-state index in [0.29, 0.717) is 19.0 Å².